The Kier molecular flexibility index (Phi) is 5.81. The van der Waals surface area contributed by atoms with Gasteiger partial charge in [-0.15, -0.1) is 0 Å². The van der Waals surface area contributed by atoms with Crippen molar-refractivity contribution in [3.63, 3.8) is 0 Å². The minimum atomic E-state index is -3.08. The summed E-state index contributed by atoms with van der Waals surface area (Å²) >= 11 is 0. The summed E-state index contributed by atoms with van der Waals surface area (Å²) in [5.74, 6) is 0. The summed E-state index contributed by atoms with van der Waals surface area (Å²) in [6.07, 6.45) is 0.754. The van der Waals surface area contributed by atoms with Gasteiger partial charge in [0, 0.05) is 13.2 Å². The van der Waals surface area contributed by atoms with Crippen LogP contribution in [-0.2, 0) is 13.6 Å². The molecule has 0 spiro atoms. The number of nitrogens with one attached hydrogen (secondary N) is 1. The minimum Gasteiger partial charge on any atom is -0.300 e. The van der Waals surface area contributed by atoms with Crippen LogP contribution in [0.25, 0.3) is 0 Å². The maximum atomic E-state index is 11.8. The van der Waals surface area contributed by atoms with E-state index in [0.717, 1.165) is 6.42 Å². The SMILES string of the molecule is CCC(C)OP(=O)(NC(C)C)OC. The van der Waals surface area contributed by atoms with E-state index in [1.165, 1.54) is 7.11 Å². The Morgan fingerprint density at radius 1 is 1.38 bits per heavy atom. The van der Waals surface area contributed by atoms with Crippen molar-refractivity contribution >= 4 is 7.75 Å². The van der Waals surface area contributed by atoms with Gasteiger partial charge in [0.25, 0.3) is 0 Å². The molecule has 0 aliphatic carbocycles. The zero-order chi connectivity index (χ0) is 10.5. The number of rotatable bonds is 6. The number of hydrogen-bond acceptors (Lipinski definition) is 3. The quantitative estimate of drug-likeness (QED) is 0.683. The van der Waals surface area contributed by atoms with Crippen LogP contribution in [0, 0.1) is 0 Å². The molecule has 2 atom stereocenters. The van der Waals surface area contributed by atoms with Gasteiger partial charge in [-0.05, 0) is 27.2 Å². The lowest BCUT2D eigenvalue weighted by molar-refractivity contribution is 0.162. The van der Waals surface area contributed by atoms with Crippen LogP contribution >= 0.6 is 7.75 Å². The first-order valence-corrected chi connectivity index (χ1v) is 6.09. The van der Waals surface area contributed by atoms with Gasteiger partial charge < -0.3 is 4.52 Å². The lowest BCUT2D eigenvalue weighted by atomic mass is 10.3. The molecular formula is C8H20NO3P. The molecule has 0 aliphatic heterocycles. The van der Waals surface area contributed by atoms with Crippen LogP contribution in [0.1, 0.15) is 34.1 Å². The zero-order valence-electron chi connectivity index (χ0n) is 9.03. The molecule has 0 radical (unpaired) electrons. The lowest BCUT2D eigenvalue weighted by Crippen LogP contribution is -2.23. The van der Waals surface area contributed by atoms with Crippen molar-refractivity contribution in [2.24, 2.45) is 0 Å². The first-order chi connectivity index (χ1) is 5.93. The highest BCUT2D eigenvalue weighted by Gasteiger charge is 2.25. The van der Waals surface area contributed by atoms with E-state index >= 15 is 0 Å². The molecular weight excluding hydrogens is 189 g/mol. The van der Waals surface area contributed by atoms with Gasteiger partial charge in [0.2, 0.25) is 0 Å². The maximum absolute atomic E-state index is 11.8. The van der Waals surface area contributed by atoms with E-state index in [-0.39, 0.29) is 12.1 Å². The number of hydrogen-bond donors (Lipinski definition) is 1. The molecule has 2 unspecified atom stereocenters. The van der Waals surface area contributed by atoms with E-state index < -0.39 is 7.75 Å². The van der Waals surface area contributed by atoms with Crippen molar-refractivity contribution in [2.45, 2.75) is 46.3 Å². The molecule has 0 aromatic rings. The molecule has 0 amide bonds. The average Bonchev–Trinajstić information content (AvgIpc) is 2.02. The molecule has 0 aliphatic rings. The van der Waals surface area contributed by atoms with Gasteiger partial charge in [0.15, 0.2) is 0 Å². The highest BCUT2D eigenvalue weighted by molar-refractivity contribution is 7.51. The van der Waals surface area contributed by atoms with Crippen LogP contribution in [0.2, 0.25) is 0 Å². The van der Waals surface area contributed by atoms with Gasteiger partial charge in [-0.25, -0.2) is 9.65 Å². The van der Waals surface area contributed by atoms with E-state index in [0.29, 0.717) is 0 Å². The molecule has 0 heterocycles. The average molecular weight is 209 g/mol. The van der Waals surface area contributed by atoms with Crippen LogP contribution < -0.4 is 5.09 Å². The Balaban J connectivity index is 4.20. The first kappa shape index (κ1) is 13.1. The molecule has 5 heteroatoms. The third-order valence-corrected chi connectivity index (χ3v) is 3.50. The maximum Gasteiger partial charge on any atom is 0.405 e. The standard InChI is InChI=1S/C8H20NO3P/c1-6-8(4)12-13(10,11-5)9-7(2)3/h7-8H,6H2,1-5H3,(H,9,10). The molecule has 0 saturated heterocycles. The van der Waals surface area contributed by atoms with Gasteiger partial charge in [-0.3, -0.25) is 4.52 Å². The normalized spacial score (nSPS) is 18.6. The Labute approximate surface area is 80.6 Å². The summed E-state index contributed by atoms with van der Waals surface area (Å²) in [4.78, 5) is 0. The fourth-order valence-electron chi connectivity index (χ4n) is 0.754. The second-order valence-corrected chi connectivity index (χ2v) is 5.12. The Morgan fingerprint density at radius 3 is 2.23 bits per heavy atom. The Morgan fingerprint density at radius 2 is 1.92 bits per heavy atom. The molecule has 1 N–H and O–H groups in total. The fourth-order valence-corrected chi connectivity index (χ4v) is 2.26. The molecule has 0 fully saturated rings. The van der Waals surface area contributed by atoms with Crippen LogP contribution in [0.3, 0.4) is 0 Å². The van der Waals surface area contributed by atoms with Gasteiger partial charge in [-0.1, -0.05) is 6.92 Å². The summed E-state index contributed by atoms with van der Waals surface area (Å²) in [5.41, 5.74) is 0. The smallest absolute Gasteiger partial charge is 0.300 e. The molecule has 80 valence electrons. The molecule has 0 bridgehead atoms. The molecule has 0 saturated carbocycles. The van der Waals surface area contributed by atoms with Crippen molar-refractivity contribution < 1.29 is 13.6 Å². The lowest BCUT2D eigenvalue weighted by Gasteiger charge is -2.22. The summed E-state index contributed by atoms with van der Waals surface area (Å²) in [5, 5.41) is 2.78. The van der Waals surface area contributed by atoms with Crippen LogP contribution in [0.15, 0.2) is 0 Å². The van der Waals surface area contributed by atoms with Crippen LogP contribution in [-0.4, -0.2) is 19.3 Å². The summed E-state index contributed by atoms with van der Waals surface area (Å²) in [6.45, 7) is 7.63. The van der Waals surface area contributed by atoms with Crippen molar-refractivity contribution in [1.29, 1.82) is 0 Å². The predicted molar refractivity (Wildman–Crippen MR) is 53.7 cm³/mol. The largest absolute Gasteiger partial charge is 0.405 e. The second-order valence-electron chi connectivity index (χ2n) is 3.29. The highest BCUT2D eigenvalue weighted by Crippen LogP contribution is 2.44. The first-order valence-electron chi connectivity index (χ1n) is 4.55. The summed E-state index contributed by atoms with van der Waals surface area (Å²) in [6, 6.07) is 0.0786. The molecule has 0 aromatic heterocycles. The van der Waals surface area contributed by atoms with E-state index in [2.05, 4.69) is 5.09 Å². The Hall–Kier alpha value is 0.110. The molecule has 4 nitrogen and oxygen atoms in total. The monoisotopic (exact) mass is 209 g/mol. The second kappa shape index (κ2) is 5.76. The zero-order valence-corrected chi connectivity index (χ0v) is 9.93. The summed E-state index contributed by atoms with van der Waals surface area (Å²) in [7, 11) is -1.69. The van der Waals surface area contributed by atoms with Crippen molar-refractivity contribution in [2.75, 3.05) is 7.11 Å². The topological polar surface area (TPSA) is 47.6 Å². The minimum absolute atomic E-state index is 0.0583. The summed E-state index contributed by atoms with van der Waals surface area (Å²) < 4.78 is 21.9. The van der Waals surface area contributed by atoms with Crippen LogP contribution in [0.5, 0.6) is 0 Å². The van der Waals surface area contributed by atoms with Gasteiger partial charge in [0.1, 0.15) is 0 Å². The van der Waals surface area contributed by atoms with Gasteiger partial charge >= 0.3 is 7.75 Å². The van der Waals surface area contributed by atoms with E-state index in [1.807, 2.05) is 27.7 Å². The van der Waals surface area contributed by atoms with E-state index in [1.54, 1.807) is 0 Å². The predicted octanol–water partition coefficient (Wildman–Crippen LogP) is 2.55. The van der Waals surface area contributed by atoms with Crippen molar-refractivity contribution in [3.8, 4) is 0 Å². The van der Waals surface area contributed by atoms with E-state index in [4.69, 9.17) is 9.05 Å². The molecule has 0 aromatic carbocycles. The highest BCUT2D eigenvalue weighted by atomic mass is 31.2. The van der Waals surface area contributed by atoms with E-state index in [9.17, 15) is 4.57 Å². The van der Waals surface area contributed by atoms with Gasteiger partial charge in [0.05, 0.1) is 6.10 Å². The Bertz CT molecular complexity index is 184. The van der Waals surface area contributed by atoms with Crippen molar-refractivity contribution in [1.82, 2.24) is 5.09 Å². The van der Waals surface area contributed by atoms with Crippen molar-refractivity contribution in [3.05, 3.63) is 0 Å². The third kappa shape index (κ3) is 5.42. The molecule has 0 rings (SSSR count). The molecule has 13 heavy (non-hydrogen) atoms. The van der Waals surface area contributed by atoms with Crippen LogP contribution in [0.4, 0.5) is 0 Å². The van der Waals surface area contributed by atoms with Gasteiger partial charge in [-0.2, -0.15) is 0 Å². The third-order valence-electron chi connectivity index (χ3n) is 1.55. The fraction of sp³-hybridized carbons (Fsp3) is 1.00.